The van der Waals surface area contributed by atoms with Crippen molar-refractivity contribution in [1.82, 2.24) is 9.97 Å². The first-order valence-electron chi connectivity index (χ1n) is 6.86. The van der Waals surface area contributed by atoms with Gasteiger partial charge in [-0.1, -0.05) is 68.0 Å². The second-order valence-electron chi connectivity index (χ2n) is 4.84. The summed E-state index contributed by atoms with van der Waals surface area (Å²) in [7, 11) is 0. The van der Waals surface area contributed by atoms with E-state index < -0.39 is 0 Å². The fourth-order valence-electron chi connectivity index (χ4n) is 2.59. The highest BCUT2D eigenvalue weighted by Crippen LogP contribution is 2.29. The van der Waals surface area contributed by atoms with Gasteiger partial charge in [-0.2, -0.15) is 0 Å². The summed E-state index contributed by atoms with van der Waals surface area (Å²) >= 11 is 5.40. The van der Waals surface area contributed by atoms with Gasteiger partial charge in [0.05, 0.1) is 12.0 Å². The Bertz CT molecular complexity index is 800. The normalized spacial score (nSPS) is 10.8. The van der Waals surface area contributed by atoms with E-state index in [4.69, 9.17) is 12.2 Å². The number of hydrogen-bond donors (Lipinski definition) is 1. The highest BCUT2D eigenvalue weighted by atomic mass is 32.1. The molecule has 0 unspecified atom stereocenters. The van der Waals surface area contributed by atoms with Gasteiger partial charge in [-0.25, -0.2) is 4.98 Å². The summed E-state index contributed by atoms with van der Waals surface area (Å²) in [5.41, 5.74) is 3.44. The Balaban J connectivity index is 2.31. The highest BCUT2D eigenvalue weighted by molar-refractivity contribution is 7.71. The van der Waals surface area contributed by atoms with Crippen LogP contribution in [-0.4, -0.2) is 9.97 Å². The fraction of sp³-hybridized carbons (Fsp3) is 0.176. The van der Waals surface area contributed by atoms with Crippen LogP contribution in [0, 0.1) is 4.64 Å². The second kappa shape index (κ2) is 5.55. The number of rotatable bonds is 3. The second-order valence-corrected chi connectivity index (χ2v) is 5.22. The molecule has 0 bridgehead atoms. The largest absolute Gasteiger partial charge is 0.346 e. The van der Waals surface area contributed by atoms with Crippen LogP contribution in [0.3, 0.4) is 0 Å². The number of fused-ring (bicyclic) bond motifs is 1. The monoisotopic (exact) mass is 280 g/mol. The van der Waals surface area contributed by atoms with Crippen LogP contribution < -0.4 is 0 Å². The molecule has 0 aliphatic heterocycles. The molecule has 2 aromatic carbocycles. The summed E-state index contributed by atoms with van der Waals surface area (Å²) < 4.78 is 0.702. The van der Waals surface area contributed by atoms with Gasteiger partial charge in [0.1, 0.15) is 4.64 Å². The molecule has 3 aromatic rings. The molecule has 20 heavy (non-hydrogen) atoms. The van der Waals surface area contributed by atoms with Crippen molar-refractivity contribution < 1.29 is 0 Å². The Kier molecular flexibility index (Phi) is 3.61. The van der Waals surface area contributed by atoms with Gasteiger partial charge in [0.25, 0.3) is 0 Å². The number of H-pyrrole nitrogens is 1. The molecule has 1 N–H and O–H groups in total. The lowest BCUT2D eigenvalue weighted by atomic mass is 9.98. The van der Waals surface area contributed by atoms with Gasteiger partial charge in [0.15, 0.2) is 0 Å². The molecule has 0 spiro atoms. The molecule has 0 radical (unpaired) electrons. The van der Waals surface area contributed by atoms with Crippen LogP contribution in [0.5, 0.6) is 0 Å². The lowest BCUT2D eigenvalue weighted by Gasteiger charge is -2.11. The van der Waals surface area contributed by atoms with Crippen LogP contribution in [0.2, 0.25) is 0 Å². The van der Waals surface area contributed by atoms with Crippen LogP contribution in [0.25, 0.3) is 22.0 Å². The predicted molar refractivity (Wildman–Crippen MR) is 86.4 cm³/mol. The SMILES string of the molecule is CCCc1c(-c2cccc3ccccc23)[nH]cnc1=S. The van der Waals surface area contributed by atoms with E-state index in [2.05, 4.69) is 59.4 Å². The summed E-state index contributed by atoms with van der Waals surface area (Å²) in [6, 6.07) is 14.8. The number of benzene rings is 2. The van der Waals surface area contributed by atoms with Gasteiger partial charge in [-0.15, -0.1) is 0 Å². The third-order valence-corrected chi connectivity index (χ3v) is 3.86. The van der Waals surface area contributed by atoms with E-state index in [0.29, 0.717) is 4.64 Å². The quantitative estimate of drug-likeness (QED) is 0.690. The standard InChI is InChI=1S/C17H16N2S/c1-2-6-15-16(18-11-19-17(15)20)14-10-5-8-12-7-3-4-9-13(12)14/h3-5,7-11H,2,6H2,1H3,(H,18,19,20). The number of nitrogens with zero attached hydrogens (tertiary/aromatic N) is 1. The molecular formula is C17H16N2S. The maximum atomic E-state index is 5.40. The molecule has 0 fully saturated rings. The number of aromatic amines is 1. The smallest absolute Gasteiger partial charge is 0.133 e. The fourth-order valence-corrected chi connectivity index (χ4v) is 2.85. The van der Waals surface area contributed by atoms with Gasteiger partial charge in [-0.05, 0) is 17.2 Å². The zero-order valence-electron chi connectivity index (χ0n) is 11.4. The molecule has 0 amide bonds. The lowest BCUT2D eigenvalue weighted by Crippen LogP contribution is -1.97. The van der Waals surface area contributed by atoms with Gasteiger partial charge >= 0.3 is 0 Å². The van der Waals surface area contributed by atoms with E-state index in [0.717, 1.165) is 24.1 Å². The van der Waals surface area contributed by atoms with Crippen molar-refractivity contribution in [3.05, 3.63) is 59.0 Å². The Morgan fingerprint density at radius 3 is 2.75 bits per heavy atom. The Morgan fingerprint density at radius 1 is 1.10 bits per heavy atom. The molecule has 1 aromatic heterocycles. The van der Waals surface area contributed by atoms with Crippen LogP contribution in [-0.2, 0) is 6.42 Å². The van der Waals surface area contributed by atoms with Crippen LogP contribution in [0.1, 0.15) is 18.9 Å². The Morgan fingerprint density at radius 2 is 1.90 bits per heavy atom. The molecule has 0 saturated carbocycles. The summed E-state index contributed by atoms with van der Waals surface area (Å²) in [5.74, 6) is 0. The first-order valence-corrected chi connectivity index (χ1v) is 7.26. The van der Waals surface area contributed by atoms with E-state index in [1.165, 1.54) is 16.3 Å². The molecule has 2 nitrogen and oxygen atoms in total. The van der Waals surface area contributed by atoms with Crippen LogP contribution >= 0.6 is 12.2 Å². The molecule has 0 atom stereocenters. The van der Waals surface area contributed by atoms with Crippen molar-refractivity contribution >= 4 is 23.0 Å². The van der Waals surface area contributed by atoms with Gasteiger partial charge in [-0.3, -0.25) is 0 Å². The van der Waals surface area contributed by atoms with Gasteiger partial charge in [0.2, 0.25) is 0 Å². The minimum atomic E-state index is 0.702. The zero-order chi connectivity index (χ0) is 13.9. The number of aromatic nitrogens is 2. The Labute approximate surface area is 123 Å². The number of hydrogen-bond acceptors (Lipinski definition) is 2. The van der Waals surface area contributed by atoms with Gasteiger partial charge < -0.3 is 4.98 Å². The van der Waals surface area contributed by atoms with E-state index in [-0.39, 0.29) is 0 Å². The van der Waals surface area contributed by atoms with Crippen molar-refractivity contribution in [2.75, 3.05) is 0 Å². The molecule has 1 heterocycles. The maximum Gasteiger partial charge on any atom is 0.133 e. The summed E-state index contributed by atoms with van der Waals surface area (Å²) in [5, 5.41) is 2.48. The zero-order valence-corrected chi connectivity index (χ0v) is 12.2. The molecular weight excluding hydrogens is 264 g/mol. The molecule has 0 aliphatic rings. The van der Waals surface area contributed by atoms with Crippen molar-refractivity contribution in [2.45, 2.75) is 19.8 Å². The van der Waals surface area contributed by atoms with E-state index in [1.54, 1.807) is 6.33 Å². The topological polar surface area (TPSA) is 28.7 Å². The minimum Gasteiger partial charge on any atom is -0.346 e. The first-order chi connectivity index (χ1) is 9.81. The molecule has 0 saturated heterocycles. The lowest BCUT2D eigenvalue weighted by molar-refractivity contribution is 0.899. The average molecular weight is 280 g/mol. The van der Waals surface area contributed by atoms with Crippen LogP contribution in [0.4, 0.5) is 0 Å². The highest BCUT2D eigenvalue weighted by Gasteiger charge is 2.10. The van der Waals surface area contributed by atoms with Crippen molar-refractivity contribution in [2.24, 2.45) is 0 Å². The Hall–Kier alpha value is -2.00. The van der Waals surface area contributed by atoms with Crippen molar-refractivity contribution in [1.29, 1.82) is 0 Å². The molecule has 3 heteroatoms. The molecule has 100 valence electrons. The first kappa shape index (κ1) is 13.0. The number of nitrogens with one attached hydrogen (secondary N) is 1. The predicted octanol–water partition coefficient (Wildman–Crippen LogP) is 4.91. The van der Waals surface area contributed by atoms with E-state index >= 15 is 0 Å². The van der Waals surface area contributed by atoms with E-state index in [9.17, 15) is 0 Å². The molecule has 3 rings (SSSR count). The van der Waals surface area contributed by atoms with Crippen molar-refractivity contribution in [3.8, 4) is 11.3 Å². The van der Waals surface area contributed by atoms with Gasteiger partial charge in [0, 0.05) is 11.1 Å². The third kappa shape index (κ3) is 2.25. The summed E-state index contributed by atoms with van der Waals surface area (Å²) in [6.07, 6.45) is 3.70. The molecule has 0 aliphatic carbocycles. The van der Waals surface area contributed by atoms with E-state index in [1.807, 2.05) is 0 Å². The summed E-state index contributed by atoms with van der Waals surface area (Å²) in [4.78, 5) is 7.52. The third-order valence-electron chi connectivity index (χ3n) is 3.51. The van der Waals surface area contributed by atoms with Crippen molar-refractivity contribution in [3.63, 3.8) is 0 Å². The maximum absolute atomic E-state index is 5.40. The minimum absolute atomic E-state index is 0.702. The summed E-state index contributed by atoms with van der Waals surface area (Å²) in [6.45, 7) is 2.16. The average Bonchev–Trinajstić information content (AvgIpc) is 2.49. The van der Waals surface area contributed by atoms with Crippen LogP contribution in [0.15, 0.2) is 48.8 Å².